The minimum atomic E-state index is -0.361. The first-order chi connectivity index (χ1) is 10.0. The molecule has 1 fully saturated rings. The standard InChI is InChI=1S/C16H24N2O3/c1-12(3-4-13-5-7-14(19)8-6-13)17-16(20)15-11-18(2)9-10-21-15/h5-8,12,15,19H,3-4,9-11H2,1-2H3,(H,17,20). The van der Waals surface area contributed by atoms with Gasteiger partial charge >= 0.3 is 0 Å². The molecule has 0 spiro atoms. The van der Waals surface area contributed by atoms with Gasteiger partial charge in [0.15, 0.2) is 0 Å². The van der Waals surface area contributed by atoms with Crippen molar-refractivity contribution < 1.29 is 14.6 Å². The Labute approximate surface area is 125 Å². The number of hydrogen-bond acceptors (Lipinski definition) is 4. The van der Waals surface area contributed by atoms with Crippen LogP contribution in [0, 0.1) is 0 Å². The normalized spacial score (nSPS) is 21.0. The second-order valence-electron chi connectivity index (χ2n) is 5.74. The monoisotopic (exact) mass is 292 g/mol. The molecule has 1 aliphatic heterocycles. The smallest absolute Gasteiger partial charge is 0.250 e. The van der Waals surface area contributed by atoms with E-state index in [2.05, 4.69) is 10.2 Å². The van der Waals surface area contributed by atoms with E-state index in [4.69, 9.17) is 4.74 Å². The summed E-state index contributed by atoms with van der Waals surface area (Å²) in [6.07, 6.45) is 1.37. The highest BCUT2D eigenvalue weighted by Crippen LogP contribution is 2.12. The van der Waals surface area contributed by atoms with Crippen LogP contribution in [0.2, 0.25) is 0 Å². The van der Waals surface area contributed by atoms with Crippen molar-refractivity contribution in [2.75, 3.05) is 26.7 Å². The minimum Gasteiger partial charge on any atom is -0.508 e. The van der Waals surface area contributed by atoms with Crippen molar-refractivity contribution in [1.29, 1.82) is 0 Å². The third-order valence-corrected chi connectivity index (χ3v) is 3.75. The van der Waals surface area contributed by atoms with E-state index < -0.39 is 0 Å². The second kappa shape index (κ2) is 7.43. The molecule has 0 aromatic heterocycles. The summed E-state index contributed by atoms with van der Waals surface area (Å²) in [5, 5.41) is 12.3. The summed E-state index contributed by atoms with van der Waals surface area (Å²) in [4.78, 5) is 14.2. The fourth-order valence-corrected chi connectivity index (χ4v) is 2.39. The summed E-state index contributed by atoms with van der Waals surface area (Å²) < 4.78 is 5.51. The van der Waals surface area contributed by atoms with Gasteiger partial charge in [-0.25, -0.2) is 0 Å². The molecule has 1 saturated heterocycles. The van der Waals surface area contributed by atoms with Crippen molar-refractivity contribution in [3.8, 4) is 5.75 Å². The zero-order valence-electron chi connectivity index (χ0n) is 12.7. The third kappa shape index (κ3) is 5.02. The molecule has 2 rings (SSSR count). The minimum absolute atomic E-state index is 0.0280. The third-order valence-electron chi connectivity index (χ3n) is 3.75. The molecule has 0 radical (unpaired) electrons. The molecule has 0 aliphatic carbocycles. The molecule has 2 atom stereocenters. The van der Waals surface area contributed by atoms with Crippen molar-refractivity contribution in [3.63, 3.8) is 0 Å². The largest absolute Gasteiger partial charge is 0.508 e. The Bertz CT molecular complexity index is 461. The van der Waals surface area contributed by atoms with E-state index in [9.17, 15) is 9.90 Å². The SMILES string of the molecule is CC(CCc1ccc(O)cc1)NC(=O)C1CN(C)CCO1. The first-order valence-corrected chi connectivity index (χ1v) is 7.43. The molecule has 5 nitrogen and oxygen atoms in total. The Morgan fingerprint density at radius 1 is 1.48 bits per heavy atom. The van der Waals surface area contributed by atoms with Crippen molar-refractivity contribution in [2.45, 2.75) is 31.9 Å². The van der Waals surface area contributed by atoms with Crippen molar-refractivity contribution in [3.05, 3.63) is 29.8 Å². The second-order valence-corrected chi connectivity index (χ2v) is 5.74. The number of ether oxygens (including phenoxy) is 1. The van der Waals surface area contributed by atoms with Crippen LogP contribution in [0.25, 0.3) is 0 Å². The maximum Gasteiger partial charge on any atom is 0.250 e. The molecular weight excluding hydrogens is 268 g/mol. The molecule has 0 bridgehead atoms. The molecule has 1 aliphatic rings. The van der Waals surface area contributed by atoms with E-state index in [1.54, 1.807) is 12.1 Å². The van der Waals surface area contributed by atoms with Crippen LogP contribution in [0.4, 0.5) is 0 Å². The molecular formula is C16H24N2O3. The molecule has 1 aromatic carbocycles. The van der Waals surface area contributed by atoms with E-state index in [-0.39, 0.29) is 23.8 Å². The maximum absolute atomic E-state index is 12.1. The highest BCUT2D eigenvalue weighted by Gasteiger charge is 2.25. The number of likely N-dealkylation sites (N-methyl/N-ethyl adjacent to an activating group) is 1. The molecule has 21 heavy (non-hydrogen) atoms. The van der Waals surface area contributed by atoms with Crippen molar-refractivity contribution >= 4 is 5.91 Å². The zero-order valence-corrected chi connectivity index (χ0v) is 12.7. The molecule has 1 amide bonds. The van der Waals surface area contributed by atoms with Gasteiger partial charge in [0, 0.05) is 19.1 Å². The Hall–Kier alpha value is -1.59. The van der Waals surface area contributed by atoms with E-state index >= 15 is 0 Å². The average molecular weight is 292 g/mol. The molecule has 2 N–H and O–H groups in total. The molecule has 1 heterocycles. The Balaban J connectivity index is 1.74. The number of nitrogens with one attached hydrogen (secondary N) is 1. The molecule has 0 saturated carbocycles. The van der Waals surface area contributed by atoms with Gasteiger partial charge in [-0.2, -0.15) is 0 Å². The first kappa shape index (κ1) is 15.8. The highest BCUT2D eigenvalue weighted by molar-refractivity contribution is 5.81. The number of phenolic OH excluding ortho intramolecular Hbond substituents is 1. The van der Waals surface area contributed by atoms with Crippen LogP contribution in [-0.2, 0) is 16.0 Å². The summed E-state index contributed by atoms with van der Waals surface area (Å²) in [5.74, 6) is 0.249. The number of phenols is 1. The van der Waals surface area contributed by atoms with Crippen LogP contribution in [-0.4, -0.2) is 54.8 Å². The highest BCUT2D eigenvalue weighted by atomic mass is 16.5. The number of aryl methyl sites for hydroxylation is 1. The topological polar surface area (TPSA) is 61.8 Å². The summed E-state index contributed by atoms with van der Waals surface area (Å²) in [6, 6.07) is 7.28. The van der Waals surface area contributed by atoms with Crippen LogP contribution in [0.15, 0.2) is 24.3 Å². The number of benzene rings is 1. The van der Waals surface area contributed by atoms with Crippen molar-refractivity contribution in [2.24, 2.45) is 0 Å². The Morgan fingerprint density at radius 3 is 2.86 bits per heavy atom. The number of nitrogens with zero attached hydrogens (tertiary/aromatic N) is 1. The zero-order chi connectivity index (χ0) is 15.2. The predicted molar refractivity (Wildman–Crippen MR) is 81.3 cm³/mol. The van der Waals surface area contributed by atoms with Gasteiger partial charge in [0.2, 0.25) is 0 Å². The van der Waals surface area contributed by atoms with E-state index in [1.165, 1.54) is 0 Å². The number of rotatable bonds is 5. The van der Waals surface area contributed by atoms with Gasteiger partial charge in [-0.15, -0.1) is 0 Å². The molecule has 1 aromatic rings. The molecule has 116 valence electrons. The summed E-state index contributed by atoms with van der Waals surface area (Å²) in [7, 11) is 2.00. The fourth-order valence-electron chi connectivity index (χ4n) is 2.39. The van der Waals surface area contributed by atoms with Gasteiger partial charge in [-0.3, -0.25) is 4.79 Å². The predicted octanol–water partition coefficient (Wildman–Crippen LogP) is 1.16. The van der Waals surface area contributed by atoms with E-state index in [0.717, 1.165) is 24.9 Å². The summed E-state index contributed by atoms with van der Waals surface area (Å²) in [5.41, 5.74) is 1.16. The fraction of sp³-hybridized carbons (Fsp3) is 0.562. The Kier molecular flexibility index (Phi) is 5.59. The Morgan fingerprint density at radius 2 is 2.19 bits per heavy atom. The van der Waals surface area contributed by atoms with Gasteiger partial charge in [0.25, 0.3) is 5.91 Å². The lowest BCUT2D eigenvalue weighted by Gasteiger charge is -2.30. The van der Waals surface area contributed by atoms with Crippen LogP contribution >= 0.6 is 0 Å². The summed E-state index contributed by atoms with van der Waals surface area (Å²) >= 11 is 0. The van der Waals surface area contributed by atoms with Gasteiger partial charge < -0.3 is 20.1 Å². The summed E-state index contributed by atoms with van der Waals surface area (Å²) in [6.45, 7) is 4.14. The lowest BCUT2D eigenvalue weighted by atomic mass is 10.1. The van der Waals surface area contributed by atoms with Crippen LogP contribution in [0.5, 0.6) is 5.75 Å². The van der Waals surface area contributed by atoms with Crippen molar-refractivity contribution in [1.82, 2.24) is 10.2 Å². The number of carbonyl (C=O) groups excluding carboxylic acids is 1. The van der Waals surface area contributed by atoms with Gasteiger partial charge in [0.05, 0.1) is 6.61 Å². The van der Waals surface area contributed by atoms with Crippen LogP contribution in [0.3, 0.4) is 0 Å². The van der Waals surface area contributed by atoms with E-state index in [0.29, 0.717) is 13.2 Å². The molecule has 5 heteroatoms. The molecule has 2 unspecified atom stereocenters. The number of carbonyl (C=O) groups is 1. The maximum atomic E-state index is 12.1. The van der Waals surface area contributed by atoms with Gasteiger partial charge in [-0.1, -0.05) is 12.1 Å². The number of amides is 1. The lowest BCUT2D eigenvalue weighted by molar-refractivity contribution is -0.138. The average Bonchev–Trinajstić information content (AvgIpc) is 2.46. The quantitative estimate of drug-likeness (QED) is 0.855. The van der Waals surface area contributed by atoms with Gasteiger partial charge in [-0.05, 0) is 44.5 Å². The van der Waals surface area contributed by atoms with Crippen LogP contribution in [0.1, 0.15) is 18.9 Å². The van der Waals surface area contributed by atoms with Gasteiger partial charge in [0.1, 0.15) is 11.9 Å². The van der Waals surface area contributed by atoms with E-state index in [1.807, 2.05) is 26.1 Å². The first-order valence-electron chi connectivity index (χ1n) is 7.43. The lowest BCUT2D eigenvalue weighted by Crippen LogP contribution is -2.50. The number of morpholine rings is 1. The number of aromatic hydroxyl groups is 1. The van der Waals surface area contributed by atoms with Crippen LogP contribution < -0.4 is 5.32 Å². The number of hydrogen-bond donors (Lipinski definition) is 2.